The van der Waals surface area contributed by atoms with Crippen molar-refractivity contribution < 1.29 is 16.8 Å². The molecule has 1 N–H and O–H groups in total. The summed E-state index contributed by atoms with van der Waals surface area (Å²) in [5.74, 6) is -0.646. The number of nitrogens with one attached hydrogen (secondary N) is 1. The number of sulfone groups is 1. The van der Waals surface area contributed by atoms with E-state index in [1.54, 1.807) is 0 Å². The summed E-state index contributed by atoms with van der Waals surface area (Å²) >= 11 is 0. The van der Waals surface area contributed by atoms with Crippen molar-refractivity contribution in [1.82, 2.24) is 9.62 Å². The predicted molar refractivity (Wildman–Crippen MR) is 67.1 cm³/mol. The van der Waals surface area contributed by atoms with Crippen LogP contribution in [0.2, 0.25) is 0 Å². The summed E-state index contributed by atoms with van der Waals surface area (Å²) in [6, 6.07) is 0.179. The van der Waals surface area contributed by atoms with Crippen LogP contribution in [0, 0.1) is 0 Å². The summed E-state index contributed by atoms with van der Waals surface area (Å²) in [5.41, 5.74) is 0. The fourth-order valence-electron chi connectivity index (χ4n) is 1.89. The molecule has 1 heterocycles. The van der Waals surface area contributed by atoms with Gasteiger partial charge in [-0.1, -0.05) is 0 Å². The molecule has 6 nitrogen and oxygen atoms in total. The van der Waals surface area contributed by atoms with E-state index < -0.39 is 19.9 Å². The first-order chi connectivity index (χ1) is 7.60. The zero-order valence-corrected chi connectivity index (χ0v) is 12.0. The summed E-state index contributed by atoms with van der Waals surface area (Å²) in [6.07, 6.45) is 1.05. The van der Waals surface area contributed by atoms with Gasteiger partial charge in [0.25, 0.3) is 0 Å². The first-order valence-electron chi connectivity index (χ1n) is 5.52. The standard InChI is InChI=1S/C9H20N2O4S2/c1-8-6-11(7-9(2)10-8)17(14,15)5-4-16(3,12)13/h8-10H,4-7H2,1-3H3/t8-,9+. The lowest BCUT2D eigenvalue weighted by Gasteiger charge is -2.35. The van der Waals surface area contributed by atoms with Crippen molar-refractivity contribution in [2.45, 2.75) is 25.9 Å². The van der Waals surface area contributed by atoms with Gasteiger partial charge in [0, 0.05) is 31.4 Å². The minimum atomic E-state index is -3.47. The van der Waals surface area contributed by atoms with Gasteiger partial charge in [0.2, 0.25) is 10.0 Å². The van der Waals surface area contributed by atoms with E-state index in [0.29, 0.717) is 13.1 Å². The predicted octanol–water partition coefficient (Wildman–Crippen LogP) is -0.957. The van der Waals surface area contributed by atoms with Gasteiger partial charge in [-0.2, -0.15) is 4.31 Å². The Balaban J connectivity index is 2.70. The van der Waals surface area contributed by atoms with Crippen LogP contribution in [0.15, 0.2) is 0 Å². The van der Waals surface area contributed by atoms with E-state index in [4.69, 9.17) is 0 Å². The van der Waals surface area contributed by atoms with Crippen LogP contribution in [0.25, 0.3) is 0 Å². The Hall–Kier alpha value is -0.180. The number of piperazine rings is 1. The lowest BCUT2D eigenvalue weighted by atomic mass is 10.2. The maximum Gasteiger partial charge on any atom is 0.215 e. The molecule has 102 valence electrons. The van der Waals surface area contributed by atoms with Crippen LogP contribution in [0.5, 0.6) is 0 Å². The molecule has 1 aliphatic heterocycles. The highest BCUT2D eigenvalue weighted by molar-refractivity contribution is 7.93. The Morgan fingerprint density at radius 3 is 1.94 bits per heavy atom. The molecule has 1 saturated heterocycles. The maximum atomic E-state index is 12.0. The monoisotopic (exact) mass is 284 g/mol. The zero-order valence-electron chi connectivity index (χ0n) is 10.4. The van der Waals surface area contributed by atoms with Crippen molar-refractivity contribution in [3.8, 4) is 0 Å². The minimum Gasteiger partial charge on any atom is -0.309 e. The molecule has 17 heavy (non-hydrogen) atoms. The van der Waals surface area contributed by atoms with E-state index in [0.717, 1.165) is 6.26 Å². The van der Waals surface area contributed by atoms with Crippen LogP contribution in [-0.2, 0) is 19.9 Å². The normalized spacial score (nSPS) is 28.2. The minimum absolute atomic E-state index is 0.0896. The molecule has 1 fully saturated rings. The van der Waals surface area contributed by atoms with Gasteiger partial charge in [-0.25, -0.2) is 16.8 Å². The topological polar surface area (TPSA) is 83.6 Å². The molecule has 0 aliphatic carbocycles. The highest BCUT2D eigenvalue weighted by atomic mass is 32.2. The van der Waals surface area contributed by atoms with Crippen LogP contribution in [0.1, 0.15) is 13.8 Å². The second-order valence-corrected chi connectivity index (χ2v) is 9.08. The summed E-state index contributed by atoms with van der Waals surface area (Å²) in [4.78, 5) is 0. The van der Waals surface area contributed by atoms with Gasteiger partial charge in [-0.15, -0.1) is 0 Å². The number of hydrogen-bond acceptors (Lipinski definition) is 5. The van der Waals surface area contributed by atoms with Crippen LogP contribution in [-0.4, -0.2) is 64.1 Å². The fourth-order valence-corrected chi connectivity index (χ4v) is 5.10. The van der Waals surface area contributed by atoms with Crippen LogP contribution < -0.4 is 5.32 Å². The highest BCUT2D eigenvalue weighted by Crippen LogP contribution is 2.10. The molecule has 0 radical (unpaired) electrons. The van der Waals surface area contributed by atoms with E-state index in [-0.39, 0.29) is 23.6 Å². The van der Waals surface area contributed by atoms with Crippen LogP contribution >= 0.6 is 0 Å². The van der Waals surface area contributed by atoms with Gasteiger partial charge in [0.1, 0.15) is 9.84 Å². The van der Waals surface area contributed by atoms with Crippen LogP contribution in [0.4, 0.5) is 0 Å². The molecule has 0 aromatic rings. The Bertz CT molecular complexity index is 447. The van der Waals surface area contributed by atoms with E-state index in [2.05, 4.69) is 5.32 Å². The van der Waals surface area contributed by atoms with E-state index in [1.165, 1.54) is 4.31 Å². The molecule has 2 atom stereocenters. The quantitative estimate of drug-likeness (QED) is 0.719. The van der Waals surface area contributed by atoms with Crippen molar-refractivity contribution in [2.24, 2.45) is 0 Å². The molecular weight excluding hydrogens is 264 g/mol. The third kappa shape index (κ3) is 4.90. The lowest BCUT2D eigenvalue weighted by Crippen LogP contribution is -2.56. The molecule has 8 heteroatoms. The summed E-state index contributed by atoms with van der Waals surface area (Å²) in [5, 5.41) is 3.23. The molecule has 1 aliphatic rings. The van der Waals surface area contributed by atoms with Crippen LogP contribution in [0.3, 0.4) is 0 Å². The summed E-state index contributed by atoms with van der Waals surface area (Å²) in [6.45, 7) is 4.62. The maximum absolute atomic E-state index is 12.0. The average Bonchev–Trinajstić information content (AvgIpc) is 2.12. The van der Waals surface area contributed by atoms with E-state index in [1.807, 2.05) is 13.8 Å². The molecular formula is C9H20N2O4S2. The lowest BCUT2D eigenvalue weighted by molar-refractivity contribution is 0.263. The SMILES string of the molecule is C[C@@H]1CN(S(=O)(=O)CCS(C)(=O)=O)C[C@H](C)N1. The summed E-state index contributed by atoms with van der Waals surface area (Å²) in [7, 11) is -6.71. The van der Waals surface area contributed by atoms with Crippen molar-refractivity contribution in [3.63, 3.8) is 0 Å². The summed E-state index contributed by atoms with van der Waals surface area (Å²) < 4.78 is 47.3. The van der Waals surface area contributed by atoms with Crippen molar-refractivity contribution in [3.05, 3.63) is 0 Å². The first-order valence-corrected chi connectivity index (χ1v) is 9.19. The molecule has 0 aromatic heterocycles. The van der Waals surface area contributed by atoms with Gasteiger partial charge < -0.3 is 5.32 Å². The Morgan fingerprint density at radius 2 is 1.53 bits per heavy atom. The smallest absolute Gasteiger partial charge is 0.215 e. The van der Waals surface area contributed by atoms with Gasteiger partial charge in [0.15, 0.2) is 0 Å². The molecule has 0 saturated carbocycles. The van der Waals surface area contributed by atoms with E-state index >= 15 is 0 Å². The van der Waals surface area contributed by atoms with Crippen molar-refractivity contribution in [1.29, 1.82) is 0 Å². The van der Waals surface area contributed by atoms with Gasteiger partial charge in [-0.05, 0) is 13.8 Å². The third-order valence-electron chi connectivity index (χ3n) is 2.63. The van der Waals surface area contributed by atoms with Crippen molar-refractivity contribution >= 4 is 19.9 Å². The number of nitrogens with zero attached hydrogens (tertiary/aromatic N) is 1. The zero-order chi connectivity index (χ0) is 13.3. The van der Waals surface area contributed by atoms with Gasteiger partial charge in [-0.3, -0.25) is 0 Å². The van der Waals surface area contributed by atoms with Gasteiger partial charge in [0.05, 0.1) is 11.5 Å². The fraction of sp³-hybridized carbons (Fsp3) is 1.00. The van der Waals surface area contributed by atoms with E-state index in [9.17, 15) is 16.8 Å². The molecule has 0 unspecified atom stereocenters. The number of hydrogen-bond donors (Lipinski definition) is 1. The van der Waals surface area contributed by atoms with Crippen molar-refractivity contribution in [2.75, 3.05) is 30.9 Å². The highest BCUT2D eigenvalue weighted by Gasteiger charge is 2.30. The molecule has 0 amide bonds. The second kappa shape index (κ2) is 5.21. The number of sulfonamides is 1. The second-order valence-electron chi connectivity index (χ2n) is 4.73. The molecule has 0 aromatic carbocycles. The largest absolute Gasteiger partial charge is 0.309 e. The Morgan fingerprint density at radius 1 is 1.06 bits per heavy atom. The molecule has 1 rings (SSSR count). The molecule has 0 spiro atoms. The average molecular weight is 284 g/mol. The Kier molecular flexibility index (Phi) is 4.56. The number of rotatable bonds is 4. The molecule has 0 bridgehead atoms. The van der Waals surface area contributed by atoms with Gasteiger partial charge >= 0.3 is 0 Å². The first kappa shape index (κ1) is 14.9. The third-order valence-corrected chi connectivity index (χ3v) is 5.64. The Labute approximate surface area is 103 Å².